The molecule has 0 aliphatic heterocycles. The number of carboxylic acids is 1. The van der Waals surface area contributed by atoms with Crippen LogP contribution in [0.2, 0.25) is 0 Å². The average Bonchev–Trinajstić information content (AvgIpc) is 2.59. The smallest absolute Gasteiger partial charge is 0.305 e. The van der Waals surface area contributed by atoms with Crippen LogP contribution < -0.4 is 16.4 Å². The number of carbonyl (C=O) groups is 4. The molecule has 0 aromatic heterocycles. The van der Waals surface area contributed by atoms with Gasteiger partial charge in [-0.2, -0.15) is 0 Å². The van der Waals surface area contributed by atoms with E-state index in [1.54, 1.807) is 24.3 Å². The number of anilines is 1. The molecular weight excluding hydrogens is 358 g/mol. The van der Waals surface area contributed by atoms with Crippen LogP contribution in [0.15, 0.2) is 29.4 Å². The molecular formula is C16H19N5O6. The van der Waals surface area contributed by atoms with Gasteiger partial charge in [0.25, 0.3) is 5.91 Å². The van der Waals surface area contributed by atoms with E-state index in [0.717, 1.165) is 0 Å². The molecule has 1 aromatic rings. The Kier molecular flexibility index (Phi) is 8.23. The van der Waals surface area contributed by atoms with E-state index < -0.39 is 42.6 Å². The molecule has 0 bridgehead atoms. The predicted molar refractivity (Wildman–Crippen MR) is 94.9 cm³/mol. The molecule has 11 heteroatoms. The molecule has 1 unspecified atom stereocenters. The zero-order chi connectivity index (χ0) is 20.4. The third-order valence-electron chi connectivity index (χ3n) is 3.37. The van der Waals surface area contributed by atoms with Gasteiger partial charge in [-0.25, -0.2) is 0 Å². The summed E-state index contributed by atoms with van der Waals surface area (Å²) in [5.41, 5.74) is 6.28. The van der Waals surface area contributed by atoms with E-state index in [-0.39, 0.29) is 18.7 Å². The summed E-state index contributed by atoms with van der Waals surface area (Å²) in [5, 5.41) is 23.1. The molecule has 0 saturated carbocycles. The maximum Gasteiger partial charge on any atom is 0.305 e. The Balaban J connectivity index is 2.49. The Morgan fingerprint density at radius 1 is 1.07 bits per heavy atom. The summed E-state index contributed by atoms with van der Waals surface area (Å²) >= 11 is 0. The van der Waals surface area contributed by atoms with Gasteiger partial charge in [0, 0.05) is 35.3 Å². The monoisotopic (exact) mass is 377 g/mol. The quantitative estimate of drug-likeness (QED) is 0.220. The lowest BCUT2D eigenvalue weighted by atomic mass is 10.1. The summed E-state index contributed by atoms with van der Waals surface area (Å²) in [6.45, 7) is 0. The number of aliphatic carboxylic acids is 1. The summed E-state index contributed by atoms with van der Waals surface area (Å²) in [6, 6.07) is 5.13. The molecule has 0 aliphatic rings. The summed E-state index contributed by atoms with van der Waals surface area (Å²) in [4.78, 5) is 55.6. The first kappa shape index (κ1) is 21.4. The number of carbonyl (C=O) groups excluding carboxylic acids is 3. The number of hydrogen-bond acceptors (Lipinski definition) is 6. The fourth-order valence-electron chi connectivity index (χ4n) is 2.12. The fourth-order valence-corrected chi connectivity index (χ4v) is 2.12. The van der Waals surface area contributed by atoms with Crippen molar-refractivity contribution in [2.75, 3.05) is 5.32 Å². The van der Waals surface area contributed by atoms with Crippen LogP contribution in [0.4, 0.5) is 5.69 Å². The van der Waals surface area contributed by atoms with Crippen molar-refractivity contribution in [2.24, 2.45) is 10.9 Å². The number of nitrogens with one attached hydrogen (secondary N) is 3. The highest BCUT2D eigenvalue weighted by Crippen LogP contribution is 2.10. The van der Waals surface area contributed by atoms with Gasteiger partial charge >= 0.3 is 5.97 Å². The van der Waals surface area contributed by atoms with E-state index in [2.05, 4.69) is 15.8 Å². The number of nitroso groups, excluding NO2 is 1. The third kappa shape index (κ3) is 8.34. The molecule has 1 aromatic carbocycles. The van der Waals surface area contributed by atoms with Gasteiger partial charge in [-0.15, -0.1) is 4.91 Å². The number of nitrogen functional groups attached to an aromatic ring is 1. The van der Waals surface area contributed by atoms with Gasteiger partial charge in [0.2, 0.25) is 11.8 Å². The maximum absolute atomic E-state index is 11.9. The first-order chi connectivity index (χ1) is 12.7. The van der Waals surface area contributed by atoms with Crippen molar-refractivity contribution in [1.29, 1.82) is 5.41 Å². The highest BCUT2D eigenvalue weighted by molar-refractivity contribution is 5.96. The number of amidine groups is 1. The van der Waals surface area contributed by atoms with Crippen molar-refractivity contribution in [2.45, 2.75) is 31.7 Å². The number of carboxylic acid groups (broad SMARTS) is 1. The first-order valence-electron chi connectivity index (χ1n) is 7.83. The first-order valence-corrected chi connectivity index (χ1v) is 7.83. The summed E-state index contributed by atoms with van der Waals surface area (Å²) < 4.78 is 0. The number of nitrogens with zero attached hydrogens (tertiary/aromatic N) is 1. The molecule has 0 saturated heterocycles. The van der Waals surface area contributed by atoms with Crippen LogP contribution in [-0.2, 0) is 19.2 Å². The summed E-state index contributed by atoms with van der Waals surface area (Å²) in [6.07, 6.45) is -1.51. The Morgan fingerprint density at radius 2 is 1.67 bits per heavy atom. The second-order valence-electron chi connectivity index (χ2n) is 5.59. The molecule has 0 heterocycles. The number of benzene rings is 1. The zero-order valence-corrected chi connectivity index (χ0v) is 14.2. The second kappa shape index (κ2) is 10.4. The van der Waals surface area contributed by atoms with Gasteiger partial charge in [-0.3, -0.25) is 24.6 Å². The lowest BCUT2D eigenvalue weighted by Gasteiger charge is -2.14. The van der Waals surface area contributed by atoms with E-state index >= 15 is 0 Å². The van der Waals surface area contributed by atoms with Crippen LogP contribution in [0.25, 0.3) is 0 Å². The third-order valence-corrected chi connectivity index (χ3v) is 3.37. The number of hydrogen-bond donors (Lipinski definition) is 5. The SMILES string of the molecule is N=C(N)c1ccc(NC(=O)CCC(=O)NC(CC(=O)O)CC(=O)N=O)cc1. The standard InChI is InChI=1S/C16H19N5O6/c17-16(18)9-1-3-10(4-2-9)19-12(22)5-6-13(23)20-11(8-15(25)26)7-14(24)21-27/h1-4,11H,5-8H2,(H3,17,18)(H,19,22)(H,20,23)(H,25,26). The van der Waals surface area contributed by atoms with Crippen molar-refractivity contribution in [3.05, 3.63) is 34.7 Å². The normalized spacial score (nSPS) is 11.1. The molecule has 3 amide bonds. The van der Waals surface area contributed by atoms with Crippen molar-refractivity contribution >= 4 is 35.2 Å². The minimum Gasteiger partial charge on any atom is -0.481 e. The van der Waals surface area contributed by atoms with Crippen LogP contribution >= 0.6 is 0 Å². The van der Waals surface area contributed by atoms with Crippen LogP contribution in [-0.4, -0.2) is 40.7 Å². The molecule has 0 fully saturated rings. The largest absolute Gasteiger partial charge is 0.481 e. The highest BCUT2D eigenvalue weighted by Gasteiger charge is 2.20. The molecule has 1 atom stereocenters. The second-order valence-corrected chi connectivity index (χ2v) is 5.59. The Bertz CT molecular complexity index is 746. The van der Waals surface area contributed by atoms with Gasteiger partial charge in [-0.1, -0.05) is 0 Å². The number of amides is 3. The van der Waals surface area contributed by atoms with E-state index in [1.807, 2.05) is 0 Å². The highest BCUT2D eigenvalue weighted by atomic mass is 16.4. The van der Waals surface area contributed by atoms with E-state index in [0.29, 0.717) is 11.3 Å². The molecule has 27 heavy (non-hydrogen) atoms. The van der Waals surface area contributed by atoms with Crippen molar-refractivity contribution < 1.29 is 24.3 Å². The number of rotatable bonds is 10. The topological polar surface area (TPSA) is 192 Å². The van der Waals surface area contributed by atoms with Crippen molar-refractivity contribution in [1.82, 2.24) is 5.32 Å². The predicted octanol–water partition coefficient (Wildman–Crippen LogP) is 0.332. The van der Waals surface area contributed by atoms with Crippen LogP contribution in [0.1, 0.15) is 31.2 Å². The van der Waals surface area contributed by atoms with Crippen LogP contribution in [0.5, 0.6) is 0 Å². The molecule has 0 aliphatic carbocycles. The zero-order valence-electron chi connectivity index (χ0n) is 14.2. The fraction of sp³-hybridized carbons (Fsp3) is 0.312. The maximum atomic E-state index is 11.9. The average molecular weight is 377 g/mol. The Labute approximate surface area is 153 Å². The van der Waals surface area contributed by atoms with E-state index in [4.69, 9.17) is 16.2 Å². The van der Waals surface area contributed by atoms with Gasteiger partial charge in [0.1, 0.15) is 5.84 Å². The van der Waals surface area contributed by atoms with Gasteiger partial charge in [0.15, 0.2) is 0 Å². The lowest BCUT2D eigenvalue weighted by Crippen LogP contribution is -2.38. The minimum absolute atomic E-state index is 0.108. The van der Waals surface area contributed by atoms with Gasteiger partial charge < -0.3 is 21.5 Å². The lowest BCUT2D eigenvalue weighted by molar-refractivity contribution is -0.138. The Hall–Kier alpha value is -3.63. The Morgan fingerprint density at radius 3 is 2.19 bits per heavy atom. The van der Waals surface area contributed by atoms with Gasteiger partial charge in [0.05, 0.1) is 12.8 Å². The molecule has 0 radical (unpaired) electrons. The van der Waals surface area contributed by atoms with Crippen molar-refractivity contribution in [3.63, 3.8) is 0 Å². The van der Waals surface area contributed by atoms with E-state index in [9.17, 15) is 24.1 Å². The summed E-state index contributed by atoms with van der Waals surface area (Å²) in [5.74, 6) is -3.54. The number of nitrogens with two attached hydrogens (primary N) is 1. The van der Waals surface area contributed by atoms with E-state index in [1.165, 1.54) is 0 Å². The molecule has 11 nitrogen and oxygen atoms in total. The molecule has 144 valence electrons. The molecule has 6 N–H and O–H groups in total. The van der Waals surface area contributed by atoms with Gasteiger partial charge in [-0.05, 0) is 24.3 Å². The molecule has 0 spiro atoms. The molecule has 1 rings (SSSR count). The van der Waals surface area contributed by atoms with Crippen LogP contribution in [0.3, 0.4) is 0 Å². The summed E-state index contributed by atoms with van der Waals surface area (Å²) in [7, 11) is 0. The van der Waals surface area contributed by atoms with Crippen molar-refractivity contribution in [3.8, 4) is 0 Å². The van der Waals surface area contributed by atoms with Crippen LogP contribution in [0, 0.1) is 10.3 Å². The minimum atomic E-state index is -1.26.